The molecule has 3 aromatic carbocycles. The van der Waals surface area contributed by atoms with Gasteiger partial charge in [0.05, 0.1) is 12.1 Å². The lowest BCUT2D eigenvalue weighted by molar-refractivity contribution is -0.137. The summed E-state index contributed by atoms with van der Waals surface area (Å²) in [5.41, 5.74) is 9.97. The van der Waals surface area contributed by atoms with Crippen molar-refractivity contribution in [3.8, 4) is 11.3 Å². The molecule has 1 heterocycles. The van der Waals surface area contributed by atoms with Gasteiger partial charge in [-0.1, -0.05) is 54.6 Å². The molecule has 0 fully saturated rings. The summed E-state index contributed by atoms with van der Waals surface area (Å²) in [4.78, 5) is 14.6. The van der Waals surface area contributed by atoms with Gasteiger partial charge in [0.1, 0.15) is 0 Å². The van der Waals surface area contributed by atoms with E-state index in [0.717, 1.165) is 33.1 Å². The number of H-pyrrole nitrogens is 1. The van der Waals surface area contributed by atoms with Crippen molar-refractivity contribution >= 4 is 27.6 Å². The molecule has 0 spiro atoms. The molecule has 0 saturated heterocycles. The smallest absolute Gasteiger partial charge is 0.305 e. The van der Waals surface area contributed by atoms with Gasteiger partial charge in [-0.25, -0.2) is 0 Å². The van der Waals surface area contributed by atoms with Crippen LogP contribution in [-0.4, -0.2) is 16.1 Å². The van der Waals surface area contributed by atoms with E-state index in [9.17, 15) is 4.79 Å². The minimum atomic E-state index is -0.901. The van der Waals surface area contributed by atoms with Gasteiger partial charge in [-0.05, 0) is 28.5 Å². The van der Waals surface area contributed by atoms with Crippen LogP contribution in [0.25, 0.3) is 32.9 Å². The lowest BCUT2D eigenvalue weighted by atomic mass is 9.96. The zero-order valence-corrected chi connectivity index (χ0v) is 13.6. The number of aliphatic carboxylic acids is 1. The topological polar surface area (TPSA) is 79.1 Å². The Labute approximate surface area is 144 Å². The van der Waals surface area contributed by atoms with Crippen molar-refractivity contribution in [2.75, 3.05) is 0 Å². The first-order valence-corrected chi connectivity index (χ1v) is 8.20. The number of aromatic amines is 1. The van der Waals surface area contributed by atoms with E-state index in [0.29, 0.717) is 0 Å². The predicted octanol–water partition coefficient (Wildman–Crippen LogP) is 4.46. The Hall–Kier alpha value is -3.11. The number of carboxylic acid groups (broad SMARTS) is 1. The molecule has 1 aromatic heterocycles. The molecule has 0 bridgehead atoms. The van der Waals surface area contributed by atoms with Crippen molar-refractivity contribution in [2.45, 2.75) is 12.5 Å². The summed E-state index contributed by atoms with van der Waals surface area (Å²) >= 11 is 0. The van der Waals surface area contributed by atoms with E-state index in [2.05, 4.69) is 29.2 Å². The summed E-state index contributed by atoms with van der Waals surface area (Å²) in [5.74, 6) is -0.901. The molecule has 4 heteroatoms. The summed E-state index contributed by atoms with van der Waals surface area (Å²) in [6, 6.07) is 21.7. The Bertz CT molecular complexity index is 1080. The van der Waals surface area contributed by atoms with Gasteiger partial charge >= 0.3 is 5.97 Å². The van der Waals surface area contributed by atoms with Crippen LogP contribution in [0, 0.1) is 0 Å². The Morgan fingerprint density at radius 3 is 2.52 bits per heavy atom. The standard InChI is InChI=1S/C21H18N2O2/c22-17(12-19(24)25)20-16-7-3-4-8-18(16)23-21(20)15-10-9-13-5-1-2-6-14(13)11-15/h1-11,17,23H,12,22H2,(H,24,25). The van der Waals surface area contributed by atoms with Crippen LogP contribution < -0.4 is 5.73 Å². The second-order valence-electron chi connectivity index (χ2n) is 6.23. The van der Waals surface area contributed by atoms with E-state index in [1.165, 1.54) is 5.39 Å². The largest absolute Gasteiger partial charge is 0.481 e. The summed E-state index contributed by atoms with van der Waals surface area (Å²) in [5, 5.41) is 12.4. The molecule has 4 nitrogen and oxygen atoms in total. The van der Waals surface area contributed by atoms with Crippen molar-refractivity contribution in [1.82, 2.24) is 4.98 Å². The SMILES string of the molecule is NC(CC(=O)O)c1c(-c2ccc3ccccc3c2)[nH]c2ccccc12. The third kappa shape index (κ3) is 2.77. The van der Waals surface area contributed by atoms with Crippen molar-refractivity contribution < 1.29 is 9.90 Å². The Kier molecular flexibility index (Phi) is 3.75. The van der Waals surface area contributed by atoms with E-state index < -0.39 is 12.0 Å². The van der Waals surface area contributed by atoms with Crippen LogP contribution in [0.2, 0.25) is 0 Å². The fourth-order valence-corrected chi connectivity index (χ4v) is 3.41. The molecular formula is C21H18N2O2. The molecule has 4 aromatic rings. The Morgan fingerprint density at radius 2 is 1.72 bits per heavy atom. The molecule has 1 unspecified atom stereocenters. The molecule has 0 aliphatic heterocycles. The van der Waals surface area contributed by atoms with Gasteiger partial charge in [-0.15, -0.1) is 0 Å². The number of aromatic nitrogens is 1. The average Bonchev–Trinajstić information content (AvgIpc) is 3.00. The normalized spacial score (nSPS) is 12.5. The molecule has 25 heavy (non-hydrogen) atoms. The van der Waals surface area contributed by atoms with Crippen LogP contribution in [0.3, 0.4) is 0 Å². The van der Waals surface area contributed by atoms with Gasteiger partial charge in [0.25, 0.3) is 0 Å². The number of rotatable bonds is 4. The van der Waals surface area contributed by atoms with E-state index in [-0.39, 0.29) is 6.42 Å². The lowest BCUT2D eigenvalue weighted by Crippen LogP contribution is -2.15. The van der Waals surface area contributed by atoms with Crippen LogP contribution >= 0.6 is 0 Å². The van der Waals surface area contributed by atoms with Gasteiger partial charge in [0, 0.05) is 22.5 Å². The second kappa shape index (κ2) is 6.07. The molecule has 0 radical (unpaired) electrons. The maximum Gasteiger partial charge on any atom is 0.305 e. The maximum absolute atomic E-state index is 11.2. The summed E-state index contributed by atoms with van der Waals surface area (Å²) in [6.07, 6.45) is -0.109. The third-order valence-corrected chi connectivity index (χ3v) is 4.55. The van der Waals surface area contributed by atoms with E-state index in [1.54, 1.807) is 0 Å². The van der Waals surface area contributed by atoms with Gasteiger partial charge in [-0.3, -0.25) is 4.79 Å². The average molecular weight is 330 g/mol. The second-order valence-corrected chi connectivity index (χ2v) is 6.23. The number of benzene rings is 3. The fraction of sp³-hybridized carbons (Fsp3) is 0.0952. The van der Waals surface area contributed by atoms with Gasteiger partial charge < -0.3 is 15.8 Å². The highest BCUT2D eigenvalue weighted by atomic mass is 16.4. The zero-order chi connectivity index (χ0) is 17.4. The van der Waals surface area contributed by atoms with Crippen LogP contribution in [0.5, 0.6) is 0 Å². The number of carboxylic acids is 1. The van der Waals surface area contributed by atoms with Gasteiger partial charge in [0.15, 0.2) is 0 Å². The third-order valence-electron chi connectivity index (χ3n) is 4.55. The molecule has 124 valence electrons. The number of nitrogens with two attached hydrogens (primary N) is 1. The highest BCUT2D eigenvalue weighted by molar-refractivity contribution is 5.94. The van der Waals surface area contributed by atoms with Crippen molar-refractivity contribution in [2.24, 2.45) is 5.73 Å². The number of hydrogen-bond donors (Lipinski definition) is 3. The lowest BCUT2D eigenvalue weighted by Gasteiger charge is -2.12. The van der Waals surface area contributed by atoms with Gasteiger partial charge in [0.2, 0.25) is 0 Å². The number of fused-ring (bicyclic) bond motifs is 2. The molecule has 0 saturated carbocycles. The zero-order valence-electron chi connectivity index (χ0n) is 13.6. The molecular weight excluding hydrogens is 312 g/mol. The molecule has 4 rings (SSSR count). The predicted molar refractivity (Wildman–Crippen MR) is 100 cm³/mol. The first-order chi connectivity index (χ1) is 12.1. The first kappa shape index (κ1) is 15.4. The number of nitrogens with one attached hydrogen (secondary N) is 1. The van der Waals surface area contributed by atoms with Crippen LogP contribution in [0.4, 0.5) is 0 Å². The molecule has 1 atom stereocenters. The molecule has 4 N–H and O–H groups in total. The van der Waals surface area contributed by atoms with Crippen molar-refractivity contribution in [3.63, 3.8) is 0 Å². The molecule has 0 aliphatic rings. The highest BCUT2D eigenvalue weighted by Gasteiger charge is 2.21. The van der Waals surface area contributed by atoms with Crippen LogP contribution in [-0.2, 0) is 4.79 Å². The Balaban J connectivity index is 1.94. The maximum atomic E-state index is 11.2. The summed E-state index contributed by atoms with van der Waals surface area (Å²) in [6.45, 7) is 0. The van der Waals surface area contributed by atoms with E-state index >= 15 is 0 Å². The van der Waals surface area contributed by atoms with Crippen molar-refractivity contribution in [1.29, 1.82) is 0 Å². The molecule has 0 amide bonds. The minimum Gasteiger partial charge on any atom is -0.481 e. The quantitative estimate of drug-likeness (QED) is 0.517. The summed E-state index contributed by atoms with van der Waals surface area (Å²) < 4.78 is 0. The monoisotopic (exact) mass is 330 g/mol. The highest BCUT2D eigenvalue weighted by Crippen LogP contribution is 2.36. The van der Waals surface area contributed by atoms with Crippen LogP contribution in [0.15, 0.2) is 66.7 Å². The fourth-order valence-electron chi connectivity index (χ4n) is 3.41. The van der Waals surface area contributed by atoms with Crippen molar-refractivity contribution in [3.05, 3.63) is 72.3 Å². The number of para-hydroxylation sites is 1. The van der Waals surface area contributed by atoms with E-state index in [4.69, 9.17) is 10.8 Å². The molecule has 0 aliphatic carbocycles. The van der Waals surface area contributed by atoms with Gasteiger partial charge in [-0.2, -0.15) is 0 Å². The number of carbonyl (C=O) groups is 1. The van der Waals surface area contributed by atoms with E-state index in [1.807, 2.05) is 42.5 Å². The minimum absolute atomic E-state index is 0.109. The Morgan fingerprint density at radius 1 is 1.00 bits per heavy atom. The first-order valence-electron chi connectivity index (χ1n) is 8.20. The van der Waals surface area contributed by atoms with Crippen LogP contribution in [0.1, 0.15) is 18.0 Å². The summed E-state index contributed by atoms with van der Waals surface area (Å²) in [7, 11) is 0. The number of hydrogen-bond acceptors (Lipinski definition) is 2.